The average molecular weight is 653 g/mol. The number of benzene rings is 8. The van der Waals surface area contributed by atoms with Crippen molar-refractivity contribution in [1.29, 1.82) is 0 Å². The van der Waals surface area contributed by atoms with Crippen LogP contribution in [0.5, 0.6) is 0 Å². The zero-order valence-electron chi connectivity index (χ0n) is 28.7. The van der Waals surface area contributed by atoms with Crippen molar-refractivity contribution in [2.24, 2.45) is 0 Å². The van der Waals surface area contributed by atoms with Gasteiger partial charge in [-0.05, 0) is 105 Å². The van der Waals surface area contributed by atoms with E-state index in [1.807, 2.05) is 0 Å². The summed E-state index contributed by atoms with van der Waals surface area (Å²) in [5, 5.41) is 5.03. The van der Waals surface area contributed by atoms with E-state index in [2.05, 4.69) is 205 Å². The fourth-order valence-corrected chi connectivity index (χ4v) is 8.50. The largest absolute Gasteiger partial charge is 0.310 e. The van der Waals surface area contributed by atoms with Gasteiger partial charge in [-0.25, -0.2) is 0 Å². The fraction of sp³-hybridized carbons (Fsp3) is 0.0612. The zero-order valence-corrected chi connectivity index (χ0v) is 28.7. The Balaban J connectivity index is 1.22. The van der Waals surface area contributed by atoms with E-state index in [9.17, 15) is 0 Å². The van der Waals surface area contributed by atoms with Crippen molar-refractivity contribution in [2.45, 2.75) is 19.3 Å². The van der Waals surface area contributed by atoms with Gasteiger partial charge < -0.3 is 9.47 Å². The number of rotatable bonds is 5. The molecule has 0 bridgehead atoms. The predicted molar refractivity (Wildman–Crippen MR) is 216 cm³/mol. The third kappa shape index (κ3) is 4.57. The Kier molecular flexibility index (Phi) is 6.56. The van der Waals surface area contributed by atoms with Gasteiger partial charge in [0.25, 0.3) is 0 Å². The summed E-state index contributed by atoms with van der Waals surface area (Å²) in [5.74, 6) is 0. The summed E-state index contributed by atoms with van der Waals surface area (Å²) >= 11 is 0. The molecule has 0 fully saturated rings. The second-order valence-corrected chi connectivity index (χ2v) is 14.2. The smallest absolute Gasteiger partial charge is 0.0547 e. The quantitative estimate of drug-likeness (QED) is 0.180. The number of anilines is 3. The van der Waals surface area contributed by atoms with Crippen molar-refractivity contribution in [3.63, 3.8) is 0 Å². The van der Waals surface area contributed by atoms with E-state index in [0.717, 1.165) is 22.7 Å². The number of fused-ring (bicyclic) bond motifs is 8. The van der Waals surface area contributed by atoms with Crippen LogP contribution in [0.4, 0.5) is 17.1 Å². The van der Waals surface area contributed by atoms with Gasteiger partial charge >= 0.3 is 0 Å². The Labute approximate surface area is 298 Å². The lowest BCUT2D eigenvalue weighted by Crippen LogP contribution is -2.15. The van der Waals surface area contributed by atoms with E-state index in [4.69, 9.17) is 0 Å². The summed E-state index contributed by atoms with van der Waals surface area (Å²) in [7, 11) is 0. The SMILES string of the molecule is CC1(C)c2ccccc2-c2cc(N(c3ccc(-c4ccccc4)cc3)c3ccc4c(c3)c3c5ccccc5ccc3n4-c3ccccc3)ccc21. The van der Waals surface area contributed by atoms with Crippen molar-refractivity contribution in [2.75, 3.05) is 4.90 Å². The highest BCUT2D eigenvalue weighted by molar-refractivity contribution is 6.22. The molecule has 0 unspecified atom stereocenters. The Bertz CT molecular complexity index is 2750. The van der Waals surface area contributed by atoms with Crippen molar-refractivity contribution in [1.82, 2.24) is 4.57 Å². The first kappa shape index (κ1) is 29.5. The van der Waals surface area contributed by atoms with E-state index in [1.165, 1.54) is 66.0 Å². The van der Waals surface area contributed by atoms with E-state index >= 15 is 0 Å². The lowest BCUT2D eigenvalue weighted by Gasteiger charge is -2.27. The van der Waals surface area contributed by atoms with Gasteiger partial charge in [0, 0.05) is 38.9 Å². The second-order valence-electron chi connectivity index (χ2n) is 14.2. The maximum absolute atomic E-state index is 2.43. The summed E-state index contributed by atoms with van der Waals surface area (Å²) in [6.45, 7) is 4.69. The minimum Gasteiger partial charge on any atom is -0.310 e. The van der Waals surface area contributed by atoms with E-state index in [1.54, 1.807) is 0 Å². The lowest BCUT2D eigenvalue weighted by molar-refractivity contribution is 0.660. The Morgan fingerprint density at radius 2 is 1.04 bits per heavy atom. The molecule has 1 aliphatic carbocycles. The Hall–Kier alpha value is -6.38. The van der Waals surface area contributed by atoms with Gasteiger partial charge in [-0.3, -0.25) is 0 Å². The van der Waals surface area contributed by atoms with Crippen LogP contribution in [0.25, 0.3) is 60.5 Å². The molecule has 0 saturated heterocycles. The van der Waals surface area contributed by atoms with Crippen LogP contribution in [0.15, 0.2) is 182 Å². The second kappa shape index (κ2) is 11.3. The number of para-hydroxylation sites is 1. The number of aromatic nitrogens is 1. The topological polar surface area (TPSA) is 8.17 Å². The molecular formula is C49H36N2. The van der Waals surface area contributed by atoms with Crippen LogP contribution >= 0.6 is 0 Å². The maximum atomic E-state index is 2.43. The summed E-state index contributed by atoms with van der Waals surface area (Å²) in [6.07, 6.45) is 0. The van der Waals surface area contributed by atoms with Gasteiger partial charge in [0.15, 0.2) is 0 Å². The molecule has 0 saturated carbocycles. The minimum absolute atomic E-state index is 0.0498. The zero-order chi connectivity index (χ0) is 34.1. The third-order valence-electron chi connectivity index (χ3n) is 11.0. The minimum atomic E-state index is -0.0498. The molecule has 0 spiro atoms. The summed E-state index contributed by atoms with van der Waals surface area (Å²) in [5.41, 5.74) is 14.7. The van der Waals surface area contributed by atoms with Crippen LogP contribution in [0.2, 0.25) is 0 Å². The average Bonchev–Trinajstić information content (AvgIpc) is 3.64. The van der Waals surface area contributed by atoms with Crippen LogP contribution in [0.3, 0.4) is 0 Å². The standard InChI is InChI=1S/C49H36N2/c1-49(2)44-20-12-11-19-41(44)42-31-38(26-28-45(42)49)50(37-24-21-34(22-25-37)33-13-5-3-6-14-33)39-27-30-46-43(32-39)48-40-18-10-9-15-35(40)23-29-47(48)51(46)36-16-7-4-8-17-36/h3-32H,1-2H3. The number of hydrogen-bond acceptors (Lipinski definition) is 1. The fourth-order valence-electron chi connectivity index (χ4n) is 8.50. The number of nitrogens with zero attached hydrogens (tertiary/aromatic N) is 2. The van der Waals surface area contributed by atoms with Gasteiger partial charge in [0.2, 0.25) is 0 Å². The van der Waals surface area contributed by atoms with Crippen LogP contribution in [0.1, 0.15) is 25.0 Å². The van der Waals surface area contributed by atoms with Gasteiger partial charge in [-0.15, -0.1) is 0 Å². The van der Waals surface area contributed by atoms with Crippen molar-refractivity contribution in [3.05, 3.63) is 193 Å². The first-order chi connectivity index (χ1) is 25.1. The van der Waals surface area contributed by atoms with E-state index in [-0.39, 0.29) is 5.41 Å². The molecule has 51 heavy (non-hydrogen) atoms. The lowest BCUT2D eigenvalue weighted by atomic mass is 9.82. The van der Waals surface area contributed by atoms with Crippen molar-refractivity contribution >= 4 is 49.6 Å². The van der Waals surface area contributed by atoms with Gasteiger partial charge in [-0.2, -0.15) is 0 Å². The molecule has 9 aromatic rings. The molecule has 0 amide bonds. The first-order valence-electron chi connectivity index (χ1n) is 17.8. The molecule has 0 atom stereocenters. The molecule has 10 rings (SSSR count). The van der Waals surface area contributed by atoms with Crippen LogP contribution < -0.4 is 4.90 Å². The van der Waals surface area contributed by atoms with Crippen molar-refractivity contribution in [3.8, 4) is 27.9 Å². The summed E-state index contributed by atoms with van der Waals surface area (Å²) in [6, 6.07) is 66.6. The molecule has 0 N–H and O–H groups in total. The Morgan fingerprint density at radius 1 is 0.431 bits per heavy atom. The van der Waals surface area contributed by atoms with Crippen LogP contribution in [-0.4, -0.2) is 4.57 Å². The molecular weight excluding hydrogens is 617 g/mol. The number of hydrogen-bond donors (Lipinski definition) is 0. The van der Waals surface area contributed by atoms with Crippen LogP contribution in [-0.2, 0) is 5.41 Å². The highest BCUT2D eigenvalue weighted by Gasteiger charge is 2.35. The van der Waals surface area contributed by atoms with Crippen LogP contribution in [0, 0.1) is 0 Å². The van der Waals surface area contributed by atoms with Gasteiger partial charge in [0.05, 0.1) is 11.0 Å². The molecule has 2 nitrogen and oxygen atoms in total. The molecule has 8 aromatic carbocycles. The Morgan fingerprint density at radius 3 is 1.86 bits per heavy atom. The van der Waals surface area contributed by atoms with Crippen molar-refractivity contribution < 1.29 is 0 Å². The normalized spacial score (nSPS) is 13.1. The highest BCUT2D eigenvalue weighted by Crippen LogP contribution is 2.51. The molecule has 0 aliphatic heterocycles. The maximum Gasteiger partial charge on any atom is 0.0547 e. The highest BCUT2D eigenvalue weighted by atomic mass is 15.1. The van der Waals surface area contributed by atoms with Gasteiger partial charge in [-0.1, -0.05) is 135 Å². The molecule has 1 aliphatic rings. The van der Waals surface area contributed by atoms with E-state index < -0.39 is 0 Å². The molecule has 1 aromatic heterocycles. The van der Waals surface area contributed by atoms with E-state index in [0.29, 0.717) is 0 Å². The first-order valence-corrected chi connectivity index (χ1v) is 17.8. The molecule has 1 heterocycles. The predicted octanol–water partition coefficient (Wildman–Crippen LogP) is 13.4. The molecule has 0 radical (unpaired) electrons. The monoisotopic (exact) mass is 652 g/mol. The van der Waals surface area contributed by atoms with Gasteiger partial charge in [0.1, 0.15) is 0 Å². The summed E-state index contributed by atoms with van der Waals surface area (Å²) in [4.78, 5) is 2.43. The summed E-state index contributed by atoms with van der Waals surface area (Å²) < 4.78 is 2.41. The third-order valence-corrected chi connectivity index (χ3v) is 11.0. The molecule has 242 valence electrons. The molecule has 2 heteroatoms.